The number of nitrogens with zero attached hydrogens (tertiary/aromatic N) is 3. The predicted octanol–water partition coefficient (Wildman–Crippen LogP) is 5.56. The lowest BCUT2D eigenvalue weighted by Gasteiger charge is -2.08. The van der Waals surface area contributed by atoms with Gasteiger partial charge in [-0.1, -0.05) is 46.9 Å². The monoisotopic (exact) mass is 420 g/mol. The van der Waals surface area contributed by atoms with Crippen molar-refractivity contribution < 1.29 is 4.74 Å². The van der Waals surface area contributed by atoms with Gasteiger partial charge in [-0.15, -0.1) is 0 Å². The van der Waals surface area contributed by atoms with Crippen molar-refractivity contribution >= 4 is 34.8 Å². The molecule has 27 heavy (non-hydrogen) atoms. The van der Waals surface area contributed by atoms with Crippen molar-refractivity contribution in [1.29, 1.82) is 5.26 Å². The summed E-state index contributed by atoms with van der Waals surface area (Å²) in [5, 5.41) is 18.0. The summed E-state index contributed by atoms with van der Waals surface area (Å²) in [7, 11) is 0. The largest absolute Gasteiger partial charge is 0.452 e. The van der Waals surface area contributed by atoms with Crippen LogP contribution in [0.3, 0.4) is 0 Å². The third kappa shape index (κ3) is 4.74. The van der Waals surface area contributed by atoms with E-state index in [4.69, 9.17) is 44.8 Å². The maximum Gasteiger partial charge on any atom is 0.187 e. The number of nitrogens with one attached hydrogen (secondary N) is 1. The van der Waals surface area contributed by atoms with Gasteiger partial charge in [0, 0.05) is 6.54 Å². The van der Waals surface area contributed by atoms with Crippen LogP contribution in [0.15, 0.2) is 42.5 Å². The molecule has 3 rings (SSSR count). The van der Waals surface area contributed by atoms with Crippen molar-refractivity contribution in [3.8, 4) is 17.6 Å². The molecule has 0 fully saturated rings. The molecule has 0 spiro atoms. The van der Waals surface area contributed by atoms with E-state index in [1.165, 1.54) is 0 Å². The molecule has 1 heterocycles. The molecule has 5 nitrogen and oxygen atoms in total. The standard InChI is InChI=1S/C19H15Cl3N4O/c1-12-18(27-15-4-2-3-13(7-15)9-23)19(22)26(25-12)11-24-10-14-5-6-16(20)17(21)8-14/h2-8,24H,10-11H2,1H3. The van der Waals surface area contributed by atoms with Crippen LogP contribution < -0.4 is 10.1 Å². The Morgan fingerprint density at radius 2 is 1.96 bits per heavy atom. The number of halogens is 3. The number of aromatic nitrogens is 2. The van der Waals surface area contributed by atoms with Gasteiger partial charge in [0.2, 0.25) is 0 Å². The zero-order chi connectivity index (χ0) is 19.4. The first-order chi connectivity index (χ1) is 13.0. The first-order valence-electron chi connectivity index (χ1n) is 8.03. The Morgan fingerprint density at radius 3 is 2.70 bits per heavy atom. The molecule has 0 amide bonds. The van der Waals surface area contributed by atoms with E-state index < -0.39 is 0 Å². The van der Waals surface area contributed by atoms with E-state index in [2.05, 4.69) is 16.5 Å². The summed E-state index contributed by atoms with van der Waals surface area (Å²) in [6.45, 7) is 2.78. The average molecular weight is 422 g/mol. The zero-order valence-electron chi connectivity index (χ0n) is 14.3. The van der Waals surface area contributed by atoms with Crippen molar-refractivity contribution in [2.75, 3.05) is 0 Å². The van der Waals surface area contributed by atoms with Gasteiger partial charge in [0.1, 0.15) is 11.4 Å². The van der Waals surface area contributed by atoms with Crippen LogP contribution in [0.5, 0.6) is 11.5 Å². The molecule has 0 atom stereocenters. The number of hydrogen-bond donors (Lipinski definition) is 1. The maximum absolute atomic E-state index is 8.99. The van der Waals surface area contributed by atoms with Crippen molar-refractivity contribution in [3.63, 3.8) is 0 Å². The van der Waals surface area contributed by atoms with Gasteiger partial charge in [0.25, 0.3) is 0 Å². The maximum atomic E-state index is 8.99. The lowest BCUT2D eigenvalue weighted by atomic mass is 10.2. The van der Waals surface area contributed by atoms with Crippen LogP contribution in [0.1, 0.15) is 16.8 Å². The van der Waals surface area contributed by atoms with Gasteiger partial charge in [0.15, 0.2) is 10.9 Å². The molecule has 0 unspecified atom stereocenters. The van der Waals surface area contributed by atoms with Gasteiger partial charge >= 0.3 is 0 Å². The molecule has 0 saturated heterocycles. The first-order valence-corrected chi connectivity index (χ1v) is 9.17. The van der Waals surface area contributed by atoms with Gasteiger partial charge in [0.05, 0.1) is 28.3 Å². The third-order valence-electron chi connectivity index (χ3n) is 3.77. The van der Waals surface area contributed by atoms with E-state index in [0.29, 0.717) is 51.2 Å². The van der Waals surface area contributed by atoms with Crippen LogP contribution in [-0.4, -0.2) is 9.78 Å². The fourth-order valence-corrected chi connectivity index (χ4v) is 3.05. The molecule has 3 aromatic rings. The topological polar surface area (TPSA) is 62.9 Å². The van der Waals surface area contributed by atoms with Gasteiger partial charge in [-0.3, -0.25) is 5.32 Å². The smallest absolute Gasteiger partial charge is 0.187 e. The fourth-order valence-electron chi connectivity index (χ4n) is 2.46. The second-order valence-corrected chi connectivity index (χ2v) is 6.95. The summed E-state index contributed by atoms with van der Waals surface area (Å²) < 4.78 is 7.44. The molecule has 8 heteroatoms. The molecule has 0 aliphatic heterocycles. The highest BCUT2D eigenvalue weighted by molar-refractivity contribution is 6.42. The van der Waals surface area contributed by atoms with Crippen LogP contribution in [-0.2, 0) is 13.2 Å². The Labute approximate surface area is 172 Å². The highest BCUT2D eigenvalue weighted by Crippen LogP contribution is 2.32. The number of ether oxygens (including phenoxy) is 1. The van der Waals surface area contributed by atoms with Gasteiger partial charge in [-0.25, -0.2) is 4.68 Å². The highest BCUT2D eigenvalue weighted by Gasteiger charge is 2.16. The van der Waals surface area contributed by atoms with E-state index in [-0.39, 0.29) is 0 Å². The summed E-state index contributed by atoms with van der Waals surface area (Å²) in [6, 6.07) is 14.4. The Kier molecular flexibility index (Phi) is 6.25. The molecule has 138 valence electrons. The molecule has 0 bridgehead atoms. The molecule has 0 aliphatic carbocycles. The number of aryl methyl sites for hydroxylation is 1. The van der Waals surface area contributed by atoms with Gasteiger partial charge in [-0.05, 0) is 42.8 Å². The molecule has 0 saturated carbocycles. The Balaban J connectivity index is 1.68. The van der Waals surface area contributed by atoms with Crippen LogP contribution in [0, 0.1) is 18.3 Å². The van der Waals surface area contributed by atoms with Crippen molar-refractivity contribution in [3.05, 3.63) is 74.5 Å². The van der Waals surface area contributed by atoms with E-state index in [0.717, 1.165) is 5.56 Å². The summed E-state index contributed by atoms with van der Waals surface area (Å²) >= 11 is 18.4. The Hall–Kier alpha value is -2.23. The second-order valence-electron chi connectivity index (χ2n) is 5.78. The number of benzene rings is 2. The van der Waals surface area contributed by atoms with Gasteiger partial charge < -0.3 is 4.74 Å². The van der Waals surface area contributed by atoms with Crippen molar-refractivity contribution in [2.45, 2.75) is 20.1 Å². The van der Waals surface area contributed by atoms with E-state index in [1.807, 2.05) is 19.1 Å². The molecule has 2 aromatic carbocycles. The minimum absolute atomic E-state index is 0.372. The molecule has 1 aromatic heterocycles. The lowest BCUT2D eigenvalue weighted by molar-refractivity contribution is 0.474. The summed E-state index contributed by atoms with van der Waals surface area (Å²) in [6.07, 6.45) is 0. The molecule has 0 aliphatic rings. The lowest BCUT2D eigenvalue weighted by Crippen LogP contribution is -2.19. The fraction of sp³-hybridized carbons (Fsp3) is 0.158. The SMILES string of the molecule is Cc1nn(CNCc2ccc(Cl)c(Cl)c2)c(Cl)c1Oc1cccc(C#N)c1. The molecular formula is C19H15Cl3N4O. The van der Waals surface area contributed by atoms with E-state index in [9.17, 15) is 0 Å². The third-order valence-corrected chi connectivity index (χ3v) is 4.88. The zero-order valence-corrected chi connectivity index (χ0v) is 16.6. The van der Waals surface area contributed by atoms with E-state index in [1.54, 1.807) is 35.0 Å². The van der Waals surface area contributed by atoms with Gasteiger partial charge in [-0.2, -0.15) is 10.4 Å². The average Bonchev–Trinajstić information content (AvgIpc) is 2.92. The normalized spacial score (nSPS) is 10.6. The summed E-state index contributed by atoms with van der Waals surface area (Å²) in [5.74, 6) is 0.991. The minimum atomic E-state index is 0.372. The summed E-state index contributed by atoms with van der Waals surface area (Å²) in [5.41, 5.74) is 2.16. The number of hydrogen-bond acceptors (Lipinski definition) is 4. The van der Waals surface area contributed by atoms with Crippen LogP contribution >= 0.6 is 34.8 Å². The van der Waals surface area contributed by atoms with Crippen LogP contribution in [0.25, 0.3) is 0 Å². The second kappa shape index (κ2) is 8.64. The summed E-state index contributed by atoms with van der Waals surface area (Å²) in [4.78, 5) is 0. The quantitative estimate of drug-likeness (QED) is 0.566. The highest BCUT2D eigenvalue weighted by atomic mass is 35.5. The van der Waals surface area contributed by atoms with Crippen molar-refractivity contribution in [1.82, 2.24) is 15.1 Å². The Bertz CT molecular complexity index is 1010. The molecular weight excluding hydrogens is 407 g/mol. The van der Waals surface area contributed by atoms with Crippen molar-refractivity contribution in [2.24, 2.45) is 0 Å². The Morgan fingerprint density at radius 1 is 1.15 bits per heavy atom. The number of rotatable bonds is 6. The van der Waals surface area contributed by atoms with Crippen LogP contribution in [0.2, 0.25) is 15.2 Å². The first kappa shape index (κ1) is 19.5. The van der Waals surface area contributed by atoms with Crippen LogP contribution in [0.4, 0.5) is 0 Å². The predicted molar refractivity (Wildman–Crippen MR) is 107 cm³/mol. The van der Waals surface area contributed by atoms with E-state index >= 15 is 0 Å². The molecule has 1 N–H and O–H groups in total. The number of nitriles is 1. The molecule has 0 radical (unpaired) electrons. The minimum Gasteiger partial charge on any atom is -0.452 e.